The lowest BCUT2D eigenvalue weighted by Gasteiger charge is -2.34. The molecule has 1 aliphatic rings. The van der Waals surface area contributed by atoms with Crippen molar-refractivity contribution in [3.05, 3.63) is 64.7 Å². The van der Waals surface area contributed by atoms with Crippen molar-refractivity contribution in [1.29, 1.82) is 0 Å². The molecule has 2 unspecified atom stereocenters. The van der Waals surface area contributed by atoms with Crippen LogP contribution in [0, 0.1) is 30.2 Å². The van der Waals surface area contributed by atoms with Crippen LogP contribution in [0.5, 0.6) is 5.75 Å². The number of rotatable bonds is 6. The fourth-order valence-corrected chi connectivity index (χ4v) is 3.03. The second-order valence-corrected chi connectivity index (χ2v) is 7.00. The number of hydrogen-bond acceptors (Lipinski definition) is 3. The summed E-state index contributed by atoms with van der Waals surface area (Å²) in [5.74, 6) is -7.47. The third-order valence-electron chi connectivity index (χ3n) is 4.57. The van der Waals surface area contributed by atoms with Gasteiger partial charge in [0.15, 0.2) is 23.6 Å². The van der Waals surface area contributed by atoms with Crippen LogP contribution < -0.4 is 4.74 Å². The van der Waals surface area contributed by atoms with Crippen LogP contribution in [0.2, 0.25) is 0 Å². The molecule has 1 aliphatic heterocycles. The van der Waals surface area contributed by atoms with Gasteiger partial charge in [0.25, 0.3) is 0 Å². The maximum Gasteiger partial charge on any atom is 0.424 e. The molecule has 0 bridgehead atoms. The fraction of sp³-hybridized carbons (Fsp3) is 0.400. The molecule has 1 saturated heterocycles. The van der Waals surface area contributed by atoms with Crippen LogP contribution in [0.15, 0.2) is 30.3 Å². The number of ether oxygens (including phenoxy) is 3. The molecule has 170 valence electrons. The average Bonchev–Trinajstić information content (AvgIpc) is 2.65. The minimum atomic E-state index is -4.10. The first-order valence-corrected chi connectivity index (χ1v) is 9.04. The Balaban J connectivity index is 1.61. The first-order chi connectivity index (χ1) is 14.4. The Hall–Kier alpha value is -2.40. The van der Waals surface area contributed by atoms with Crippen molar-refractivity contribution < 1.29 is 49.3 Å². The predicted octanol–water partition coefficient (Wildman–Crippen LogP) is 5.84. The Morgan fingerprint density at radius 3 is 2.10 bits per heavy atom. The van der Waals surface area contributed by atoms with E-state index < -0.39 is 72.0 Å². The Morgan fingerprint density at radius 1 is 0.903 bits per heavy atom. The molecule has 2 atom stereocenters. The zero-order valence-electron chi connectivity index (χ0n) is 15.9. The van der Waals surface area contributed by atoms with Crippen molar-refractivity contribution in [2.75, 3.05) is 6.61 Å². The van der Waals surface area contributed by atoms with Gasteiger partial charge in [-0.25, -0.2) is 17.6 Å². The molecule has 11 heteroatoms. The molecule has 0 N–H and O–H groups in total. The van der Waals surface area contributed by atoms with Crippen LogP contribution in [0.3, 0.4) is 0 Å². The van der Waals surface area contributed by atoms with Crippen molar-refractivity contribution in [1.82, 2.24) is 0 Å². The van der Waals surface area contributed by atoms with Crippen LogP contribution in [0.4, 0.5) is 35.1 Å². The van der Waals surface area contributed by atoms with Crippen molar-refractivity contribution >= 4 is 0 Å². The van der Waals surface area contributed by atoms with Gasteiger partial charge in [0.2, 0.25) is 0 Å². The first-order valence-electron chi connectivity index (χ1n) is 9.04. The molecule has 0 aliphatic carbocycles. The normalized spacial score (nSPS) is 20.0. The molecule has 1 fully saturated rings. The van der Waals surface area contributed by atoms with Crippen LogP contribution in [-0.2, 0) is 15.6 Å². The van der Waals surface area contributed by atoms with Gasteiger partial charge in [-0.1, -0.05) is 6.07 Å². The van der Waals surface area contributed by atoms with E-state index in [1.165, 1.54) is 13.0 Å². The zero-order valence-corrected chi connectivity index (χ0v) is 15.9. The summed E-state index contributed by atoms with van der Waals surface area (Å²) < 4.78 is 124. The van der Waals surface area contributed by atoms with E-state index in [1.807, 2.05) is 0 Å². The number of hydrogen-bond donors (Lipinski definition) is 0. The average molecular weight is 456 g/mol. The highest BCUT2D eigenvalue weighted by molar-refractivity contribution is 5.26. The van der Waals surface area contributed by atoms with E-state index in [0.29, 0.717) is 5.56 Å². The molecule has 0 radical (unpaired) electrons. The minimum Gasteiger partial charge on any atom is -0.430 e. The van der Waals surface area contributed by atoms with Crippen molar-refractivity contribution in [2.45, 2.75) is 44.2 Å². The fourth-order valence-electron chi connectivity index (χ4n) is 3.03. The van der Waals surface area contributed by atoms with Gasteiger partial charge in [-0.05, 0) is 37.5 Å². The summed E-state index contributed by atoms with van der Waals surface area (Å²) in [5.41, 5.74) is -0.585. The molecular weight excluding hydrogens is 440 g/mol. The van der Waals surface area contributed by atoms with Gasteiger partial charge in [0, 0.05) is 12.1 Å². The van der Waals surface area contributed by atoms with E-state index in [9.17, 15) is 35.1 Å². The summed E-state index contributed by atoms with van der Waals surface area (Å²) in [6.45, 7) is 0.816. The number of benzene rings is 2. The van der Waals surface area contributed by atoms with E-state index in [2.05, 4.69) is 9.47 Å². The number of halogens is 8. The summed E-state index contributed by atoms with van der Waals surface area (Å²) >= 11 is 0. The second kappa shape index (κ2) is 8.62. The third-order valence-corrected chi connectivity index (χ3v) is 4.57. The van der Waals surface area contributed by atoms with Gasteiger partial charge in [-0.3, -0.25) is 0 Å². The van der Waals surface area contributed by atoms with E-state index in [0.717, 1.165) is 12.1 Å². The van der Waals surface area contributed by atoms with Gasteiger partial charge in [-0.15, -0.1) is 0 Å². The van der Waals surface area contributed by atoms with E-state index in [4.69, 9.17) is 4.74 Å². The topological polar surface area (TPSA) is 27.7 Å². The lowest BCUT2D eigenvalue weighted by Crippen LogP contribution is -2.47. The molecule has 1 heterocycles. The lowest BCUT2D eigenvalue weighted by molar-refractivity contribution is -0.311. The molecule has 2 aromatic rings. The first kappa shape index (κ1) is 23.3. The highest BCUT2D eigenvalue weighted by Gasteiger charge is 2.48. The molecule has 2 aromatic carbocycles. The molecule has 0 saturated carbocycles. The number of alkyl halides is 4. The van der Waals surface area contributed by atoms with Crippen molar-refractivity contribution in [3.8, 4) is 5.75 Å². The van der Waals surface area contributed by atoms with Gasteiger partial charge in [0.05, 0.1) is 18.3 Å². The largest absolute Gasteiger partial charge is 0.430 e. The lowest BCUT2D eigenvalue weighted by atomic mass is 10.1. The molecular formula is C20H16F8O3. The molecule has 0 amide bonds. The summed E-state index contributed by atoms with van der Waals surface area (Å²) in [4.78, 5) is 0. The Labute approximate surface area is 171 Å². The molecule has 0 aromatic heterocycles. The predicted molar refractivity (Wildman–Crippen MR) is 90.8 cm³/mol. The molecule has 31 heavy (non-hydrogen) atoms. The number of aryl methyl sites for hydroxylation is 1. The van der Waals surface area contributed by atoms with Crippen LogP contribution in [-0.4, -0.2) is 24.9 Å². The maximum absolute atomic E-state index is 14.3. The molecule has 0 spiro atoms. The Bertz CT molecular complexity index is 919. The Morgan fingerprint density at radius 2 is 1.55 bits per heavy atom. The summed E-state index contributed by atoms with van der Waals surface area (Å²) in [6.07, 6.45) is -12.2. The standard InChI is InChI=1S/C20H16F8O3/c1-10-2-4-13(14(21)6-10)19(25,26)30-11-3-5-17(29-9-11)20(27,28)31-12-7-15(22)18(24)16(23)8-12/h2,4,6-8,11,17H,3,5,9H2,1H3. The third kappa shape index (κ3) is 5.27. The van der Waals surface area contributed by atoms with Gasteiger partial charge >= 0.3 is 12.2 Å². The zero-order chi connectivity index (χ0) is 23.0. The van der Waals surface area contributed by atoms with Gasteiger partial charge in [-0.2, -0.15) is 17.6 Å². The minimum absolute atomic E-state index is 0.234. The summed E-state index contributed by atoms with van der Waals surface area (Å²) in [6, 6.07) is 3.50. The highest BCUT2D eigenvalue weighted by atomic mass is 19.3. The van der Waals surface area contributed by atoms with Crippen LogP contribution in [0.25, 0.3) is 0 Å². The van der Waals surface area contributed by atoms with Gasteiger partial charge < -0.3 is 14.2 Å². The van der Waals surface area contributed by atoms with Crippen molar-refractivity contribution in [2.24, 2.45) is 0 Å². The van der Waals surface area contributed by atoms with Crippen molar-refractivity contribution in [3.63, 3.8) is 0 Å². The van der Waals surface area contributed by atoms with E-state index >= 15 is 0 Å². The monoisotopic (exact) mass is 456 g/mol. The summed E-state index contributed by atoms with van der Waals surface area (Å²) in [7, 11) is 0. The smallest absolute Gasteiger partial charge is 0.424 e. The van der Waals surface area contributed by atoms with Crippen LogP contribution in [0.1, 0.15) is 24.0 Å². The quantitative estimate of drug-likeness (QED) is 0.404. The van der Waals surface area contributed by atoms with E-state index in [1.54, 1.807) is 0 Å². The van der Waals surface area contributed by atoms with Crippen LogP contribution >= 0.6 is 0 Å². The SMILES string of the molecule is Cc1ccc(C(F)(F)OC2CCC(C(F)(F)Oc3cc(F)c(F)c(F)c3)OC2)c(F)c1. The molecule has 3 nitrogen and oxygen atoms in total. The molecule has 3 rings (SSSR count). The second-order valence-electron chi connectivity index (χ2n) is 7.00. The van der Waals surface area contributed by atoms with Gasteiger partial charge in [0.1, 0.15) is 11.6 Å². The Kier molecular flexibility index (Phi) is 6.47. The summed E-state index contributed by atoms with van der Waals surface area (Å²) in [5, 5.41) is 0. The van der Waals surface area contributed by atoms with E-state index in [-0.39, 0.29) is 18.6 Å². The maximum atomic E-state index is 14.3. The highest BCUT2D eigenvalue weighted by Crippen LogP contribution is 2.37.